The van der Waals surface area contributed by atoms with E-state index in [0.717, 1.165) is 18.6 Å². The van der Waals surface area contributed by atoms with Crippen LogP contribution in [0.25, 0.3) is 0 Å². The third-order valence-corrected chi connectivity index (χ3v) is 2.06. The van der Waals surface area contributed by atoms with E-state index in [9.17, 15) is 8.78 Å². The molecule has 0 spiro atoms. The lowest BCUT2D eigenvalue weighted by Crippen LogP contribution is -2.00. The molecule has 0 aromatic heterocycles. The predicted octanol–water partition coefficient (Wildman–Crippen LogP) is 3.56. The van der Waals surface area contributed by atoms with E-state index in [1.165, 1.54) is 6.07 Å². The molecule has 1 aromatic carbocycles. The Bertz CT molecular complexity index is 385. The van der Waals surface area contributed by atoms with Gasteiger partial charge in [0, 0.05) is 12.3 Å². The molecule has 0 saturated heterocycles. The van der Waals surface area contributed by atoms with Crippen LogP contribution in [0.15, 0.2) is 18.2 Å². The van der Waals surface area contributed by atoms with Crippen LogP contribution in [0.2, 0.25) is 0 Å². The summed E-state index contributed by atoms with van der Waals surface area (Å²) in [7, 11) is 0. The van der Waals surface area contributed by atoms with E-state index in [2.05, 4.69) is 11.8 Å². The second-order valence-electron chi connectivity index (χ2n) is 3.52. The van der Waals surface area contributed by atoms with Crippen molar-refractivity contribution in [3.63, 3.8) is 0 Å². The first kappa shape index (κ1) is 11.7. The molecule has 0 aliphatic carbocycles. The summed E-state index contributed by atoms with van der Waals surface area (Å²) in [4.78, 5) is 0. The van der Waals surface area contributed by atoms with Gasteiger partial charge in [-0.1, -0.05) is 19.8 Å². The van der Waals surface area contributed by atoms with Crippen LogP contribution in [0, 0.1) is 29.4 Å². The highest BCUT2D eigenvalue weighted by Crippen LogP contribution is 2.14. The van der Waals surface area contributed by atoms with Gasteiger partial charge in [0.15, 0.2) is 0 Å². The van der Waals surface area contributed by atoms with Crippen LogP contribution in [0.5, 0.6) is 0 Å². The molecule has 0 aliphatic heterocycles. The summed E-state index contributed by atoms with van der Waals surface area (Å²) >= 11 is 0. The van der Waals surface area contributed by atoms with Crippen LogP contribution in [0.4, 0.5) is 8.78 Å². The molecule has 2 heteroatoms. The van der Waals surface area contributed by atoms with Gasteiger partial charge in [-0.25, -0.2) is 8.78 Å². The Morgan fingerprint density at radius 2 is 2.07 bits per heavy atom. The second kappa shape index (κ2) is 5.50. The molecule has 0 fully saturated rings. The molecule has 0 amide bonds. The topological polar surface area (TPSA) is 0 Å². The van der Waals surface area contributed by atoms with Crippen molar-refractivity contribution in [1.29, 1.82) is 0 Å². The highest BCUT2D eigenvalue weighted by Gasteiger charge is 2.06. The molecule has 0 heterocycles. The summed E-state index contributed by atoms with van der Waals surface area (Å²) in [6, 6.07) is 3.52. The summed E-state index contributed by atoms with van der Waals surface area (Å²) in [6.07, 6.45) is 1.24. The number of benzene rings is 1. The smallest absolute Gasteiger partial charge is 0.126 e. The van der Waals surface area contributed by atoms with Crippen LogP contribution in [-0.2, 0) is 6.42 Å². The Balaban J connectivity index is 2.75. The molecule has 0 saturated carbocycles. The Morgan fingerprint density at radius 3 is 2.73 bits per heavy atom. The molecular formula is C13H14F2. The molecule has 15 heavy (non-hydrogen) atoms. The SMILES string of the molecule is CCC#CC(C)Cc1cc(F)ccc1F. The average Bonchev–Trinajstić information content (AvgIpc) is 2.20. The van der Waals surface area contributed by atoms with Crippen molar-refractivity contribution in [1.82, 2.24) is 0 Å². The molecular weight excluding hydrogens is 194 g/mol. The highest BCUT2D eigenvalue weighted by molar-refractivity contribution is 5.21. The van der Waals surface area contributed by atoms with E-state index in [0.29, 0.717) is 12.0 Å². The fourth-order valence-corrected chi connectivity index (χ4v) is 1.36. The van der Waals surface area contributed by atoms with Gasteiger partial charge in [0.2, 0.25) is 0 Å². The zero-order valence-corrected chi connectivity index (χ0v) is 8.98. The van der Waals surface area contributed by atoms with Gasteiger partial charge >= 0.3 is 0 Å². The molecule has 1 rings (SSSR count). The maximum absolute atomic E-state index is 13.2. The van der Waals surface area contributed by atoms with Crippen molar-refractivity contribution in [2.75, 3.05) is 0 Å². The summed E-state index contributed by atoms with van der Waals surface area (Å²) in [5, 5.41) is 0. The molecule has 0 aliphatic rings. The Labute approximate surface area is 89.3 Å². The van der Waals surface area contributed by atoms with Crippen molar-refractivity contribution in [3.8, 4) is 11.8 Å². The number of halogens is 2. The standard InChI is InChI=1S/C13H14F2/c1-3-4-5-10(2)8-11-9-12(14)6-7-13(11)15/h6-7,9-10H,3,8H2,1-2H3. The van der Waals surface area contributed by atoms with Crippen LogP contribution >= 0.6 is 0 Å². The van der Waals surface area contributed by atoms with Gasteiger partial charge in [0.05, 0.1) is 0 Å². The minimum Gasteiger partial charge on any atom is -0.207 e. The second-order valence-corrected chi connectivity index (χ2v) is 3.52. The summed E-state index contributed by atoms with van der Waals surface area (Å²) in [6.45, 7) is 3.87. The van der Waals surface area contributed by atoms with E-state index < -0.39 is 5.82 Å². The van der Waals surface area contributed by atoms with Gasteiger partial charge in [-0.05, 0) is 30.2 Å². The number of hydrogen-bond donors (Lipinski definition) is 0. The van der Waals surface area contributed by atoms with Gasteiger partial charge in [-0.2, -0.15) is 0 Å². The van der Waals surface area contributed by atoms with Crippen molar-refractivity contribution in [3.05, 3.63) is 35.4 Å². The fraction of sp³-hybridized carbons (Fsp3) is 0.385. The van der Waals surface area contributed by atoms with Crippen molar-refractivity contribution in [2.24, 2.45) is 5.92 Å². The van der Waals surface area contributed by atoms with Crippen molar-refractivity contribution in [2.45, 2.75) is 26.7 Å². The molecule has 0 radical (unpaired) electrons. The largest absolute Gasteiger partial charge is 0.207 e. The molecule has 0 nitrogen and oxygen atoms in total. The molecule has 0 N–H and O–H groups in total. The van der Waals surface area contributed by atoms with Crippen LogP contribution in [0.3, 0.4) is 0 Å². The van der Waals surface area contributed by atoms with Gasteiger partial charge in [-0.3, -0.25) is 0 Å². The van der Waals surface area contributed by atoms with E-state index >= 15 is 0 Å². The van der Waals surface area contributed by atoms with E-state index in [-0.39, 0.29) is 11.7 Å². The van der Waals surface area contributed by atoms with Gasteiger partial charge in [0.25, 0.3) is 0 Å². The molecule has 1 unspecified atom stereocenters. The first-order valence-electron chi connectivity index (χ1n) is 5.05. The molecule has 1 atom stereocenters. The Kier molecular flexibility index (Phi) is 4.30. The first-order chi connectivity index (χ1) is 7.13. The molecule has 0 bridgehead atoms. The zero-order valence-electron chi connectivity index (χ0n) is 8.98. The third kappa shape index (κ3) is 3.71. The summed E-state index contributed by atoms with van der Waals surface area (Å²) < 4.78 is 26.1. The quantitative estimate of drug-likeness (QED) is 0.652. The highest BCUT2D eigenvalue weighted by atomic mass is 19.1. The Morgan fingerprint density at radius 1 is 1.33 bits per heavy atom. The van der Waals surface area contributed by atoms with Crippen LogP contribution < -0.4 is 0 Å². The lowest BCUT2D eigenvalue weighted by molar-refractivity contribution is 0.574. The Hall–Kier alpha value is -1.36. The monoisotopic (exact) mass is 208 g/mol. The maximum atomic E-state index is 13.2. The normalized spacial score (nSPS) is 11.7. The van der Waals surface area contributed by atoms with Gasteiger partial charge in [0.1, 0.15) is 11.6 Å². The lowest BCUT2D eigenvalue weighted by Gasteiger charge is -2.05. The summed E-state index contributed by atoms with van der Waals surface area (Å²) in [5.74, 6) is 5.22. The van der Waals surface area contributed by atoms with Crippen LogP contribution in [-0.4, -0.2) is 0 Å². The van der Waals surface area contributed by atoms with E-state index in [1.54, 1.807) is 0 Å². The van der Waals surface area contributed by atoms with Crippen LogP contribution in [0.1, 0.15) is 25.8 Å². The predicted molar refractivity (Wildman–Crippen MR) is 57.3 cm³/mol. The summed E-state index contributed by atoms with van der Waals surface area (Å²) in [5.41, 5.74) is 0.396. The van der Waals surface area contributed by atoms with Gasteiger partial charge in [-0.15, -0.1) is 5.92 Å². The third-order valence-electron chi connectivity index (χ3n) is 2.06. The number of rotatable bonds is 2. The first-order valence-corrected chi connectivity index (χ1v) is 5.05. The maximum Gasteiger partial charge on any atom is 0.126 e. The van der Waals surface area contributed by atoms with E-state index in [4.69, 9.17) is 0 Å². The lowest BCUT2D eigenvalue weighted by atomic mass is 10.0. The number of hydrogen-bond acceptors (Lipinski definition) is 0. The fourth-order valence-electron chi connectivity index (χ4n) is 1.36. The van der Waals surface area contributed by atoms with E-state index in [1.807, 2.05) is 13.8 Å². The average molecular weight is 208 g/mol. The zero-order chi connectivity index (χ0) is 11.3. The van der Waals surface area contributed by atoms with Crippen molar-refractivity contribution < 1.29 is 8.78 Å². The minimum absolute atomic E-state index is 0.0567. The molecule has 80 valence electrons. The van der Waals surface area contributed by atoms with Gasteiger partial charge < -0.3 is 0 Å². The minimum atomic E-state index is -0.401. The van der Waals surface area contributed by atoms with Crippen molar-refractivity contribution >= 4 is 0 Å². The molecule has 1 aromatic rings.